The number of amides is 2. The number of pyridine rings is 1. The molecule has 5 rings (SSSR count). The Morgan fingerprint density at radius 1 is 1.42 bits per heavy atom. The smallest absolute Gasteiger partial charge is 0.286 e. The average Bonchev–Trinajstić information content (AvgIpc) is 3.42. The molecule has 3 aromatic heterocycles. The number of carbonyl (C=O) groups excluding carboxylic acids is 3. The number of hydrogen-bond acceptors (Lipinski definition) is 10. The SMILES string of the molecule is CO/N=C(\C(=O)N[C@@H]1C(=O)N2C(C(=O)[O-])=C(C[n+]3ccn4ccccc43)CS[C@@H]12)c1nc(N)sc1Cl. The average molecular weight is 548 g/mol. The Kier molecular flexibility index (Phi) is 6.32. The number of nitrogens with one attached hydrogen (secondary N) is 1. The molecule has 1 fully saturated rings. The molecule has 0 bridgehead atoms. The third kappa shape index (κ3) is 4.06. The van der Waals surface area contributed by atoms with Crippen molar-refractivity contribution in [3.63, 3.8) is 0 Å². The first-order chi connectivity index (χ1) is 17.3. The first-order valence-electron chi connectivity index (χ1n) is 10.5. The molecule has 15 heteroatoms. The maximum Gasteiger partial charge on any atom is 0.286 e. The van der Waals surface area contributed by atoms with Crippen molar-refractivity contribution in [3.8, 4) is 0 Å². The van der Waals surface area contributed by atoms with Gasteiger partial charge in [-0.2, -0.15) is 0 Å². The van der Waals surface area contributed by atoms with Crippen LogP contribution in [0.25, 0.3) is 5.65 Å². The fraction of sp³-hybridized carbons (Fsp3) is 0.238. The lowest BCUT2D eigenvalue weighted by atomic mass is 10.0. The molecule has 0 unspecified atom stereocenters. The van der Waals surface area contributed by atoms with E-state index in [1.54, 1.807) is 0 Å². The minimum atomic E-state index is -1.45. The van der Waals surface area contributed by atoms with Crippen molar-refractivity contribution < 1.29 is 28.9 Å². The number of carboxylic acids is 1. The van der Waals surface area contributed by atoms with Crippen LogP contribution in [0.5, 0.6) is 0 Å². The van der Waals surface area contributed by atoms with Crippen molar-refractivity contribution in [1.29, 1.82) is 0 Å². The summed E-state index contributed by atoms with van der Waals surface area (Å²) in [4.78, 5) is 48.0. The third-order valence-electron chi connectivity index (χ3n) is 5.68. The zero-order chi connectivity index (χ0) is 25.6. The highest BCUT2D eigenvalue weighted by Crippen LogP contribution is 2.40. The van der Waals surface area contributed by atoms with Crippen molar-refractivity contribution >= 4 is 69.0 Å². The largest absolute Gasteiger partial charge is 0.543 e. The zero-order valence-electron chi connectivity index (χ0n) is 18.6. The van der Waals surface area contributed by atoms with E-state index in [9.17, 15) is 19.5 Å². The molecular formula is C21H18ClN7O5S2. The summed E-state index contributed by atoms with van der Waals surface area (Å²) in [6.45, 7) is 0.263. The molecule has 0 saturated carbocycles. The van der Waals surface area contributed by atoms with Gasteiger partial charge in [0.1, 0.15) is 47.5 Å². The van der Waals surface area contributed by atoms with E-state index in [1.807, 2.05) is 45.8 Å². The van der Waals surface area contributed by atoms with Crippen molar-refractivity contribution in [2.24, 2.45) is 5.16 Å². The summed E-state index contributed by atoms with van der Waals surface area (Å²) in [5.74, 6) is -2.47. The number of rotatable bonds is 7. The van der Waals surface area contributed by atoms with Gasteiger partial charge in [0.2, 0.25) is 0 Å². The van der Waals surface area contributed by atoms with Crippen molar-refractivity contribution in [1.82, 2.24) is 19.6 Å². The van der Waals surface area contributed by atoms with Gasteiger partial charge in [0.25, 0.3) is 17.5 Å². The van der Waals surface area contributed by atoms with Gasteiger partial charge in [-0.25, -0.2) is 14.0 Å². The Morgan fingerprint density at radius 3 is 2.92 bits per heavy atom. The van der Waals surface area contributed by atoms with Crippen LogP contribution in [0.1, 0.15) is 5.69 Å². The normalized spacial score (nSPS) is 19.8. The van der Waals surface area contributed by atoms with E-state index in [1.165, 1.54) is 18.9 Å². The Bertz CT molecular complexity index is 1470. The van der Waals surface area contributed by atoms with Crippen LogP contribution < -0.4 is 20.7 Å². The lowest BCUT2D eigenvalue weighted by molar-refractivity contribution is -0.662. The summed E-state index contributed by atoms with van der Waals surface area (Å²) in [5.41, 5.74) is 6.64. The Morgan fingerprint density at radius 2 is 2.22 bits per heavy atom. The Labute approximate surface area is 217 Å². The van der Waals surface area contributed by atoms with E-state index in [-0.39, 0.29) is 33.1 Å². The third-order valence-corrected chi connectivity index (χ3v) is 8.10. The number of nitrogens with zero attached hydrogens (tertiary/aromatic N) is 5. The van der Waals surface area contributed by atoms with E-state index in [4.69, 9.17) is 22.2 Å². The molecule has 0 aromatic carbocycles. The number of hydrogen-bond donors (Lipinski definition) is 2. The summed E-state index contributed by atoms with van der Waals surface area (Å²) >= 11 is 8.41. The molecule has 2 aliphatic heterocycles. The van der Waals surface area contributed by atoms with E-state index >= 15 is 0 Å². The molecule has 0 radical (unpaired) electrons. The van der Waals surface area contributed by atoms with E-state index in [0.717, 1.165) is 21.9 Å². The van der Waals surface area contributed by atoms with Crippen LogP contribution in [0.15, 0.2) is 53.2 Å². The topological polar surface area (TPSA) is 158 Å². The summed E-state index contributed by atoms with van der Waals surface area (Å²) in [6, 6.07) is 4.68. The van der Waals surface area contributed by atoms with Crippen LogP contribution in [-0.4, -0.2) is 62.1 Å². The fourth-order valence-electron chi connectivity index (χ4n) is 4.13. The molecule has 2 atom stereocenters. The molecule has 0 aliphatic carbocycles. The zero-order valence-corrected chi connectivity index (χ0v) is 21.0. The van der Waals surface area contributed by atoms with Crippen LogP contribution in [0.2, 0.25) is 4.34 Å². The maximum atomic E-state index is 13.0. The summed E-state index contributed by atoms with van der Waals surface area (Å²) in [6.07, 6.45) is 5.57. The second kappa shape index (κ2) is 9.44. The van der Waals surface area contributed by atoms with Gasteiger partial charge >= 0.3 is 0 Å². The predicted octanol–water partition coefficient (Wildman–Crippen LogP) is -0.626. The van der Waals surface area contributed by atoms with Crippen molar-refractivity contribution in [2.45, 2.75) is 18.0 Å². The molecule has 12 nitrogen and oxygen atoms in total. The number of thiazole rings is 1. The van der Waals surface area contributed by atoms with Gasteiger partial charge in [-0.15, -0.1) is 11.8 Å². The van der Waals surface area contributed by atoms with Crippen molar-refractivity contribution in [3.05, 3.63) is 58.1 Å². The quantitative estimate of drug-likeness (QED) is 0.171. The Balaban J connectivity index is 1.38. The van der Waals surface area contributed by atoms with Gasteiger partial charge in [0.15, 0.2) is 10.8 Å². The number of carbonyl (C=O) groups is 3. The number of fused-ring (bicyclic) bond motifs is 2. The van der Waals surface area contributed by atoms with E-state index in [0.29, 0.717) is 11.3 Å². The number of oxime groups is 1. The number of anilines is 1. The molecule has 36 heavy (non-hydrogen) atoms. The molecule has 5 heterocycles. The molecule has 3 N–H and O–H groups in total. The van der Waals surface area contributed by atoms with Crippen LogP contribution >= 0.6 is 34.7 Å². The minimum absolute atomic E-state index is 0.0212. The fourth-order valence-corrected chi connectivity index (χ4v) is 6.40. The second-order valence-electron chi connectivity index (χ2n) is 7.79. The minimum Gasteiger partial charge on any atom is -0.543 e. The van der Waals surface area contributed by atoms with E-state index in [2.05, 4.69) is 15.5 Å². The molecule has 2 amide bonds. The monoisotopic (exact) mass is 547 g/mol. The number of nitrogen functional groups attached to an aromatic ring is 1. The molecule has 2 aliphatic rings. The van der Waals surface area contributed by atoms with Crippen LogP contribution in [0, 0.1) is 0 Å². The highest BCUT2D eigenvalue weighted by molar-refractivity contribution is 8.00. The van der Waals surface area contributed by atoms with Crippen LogP contribution in [-0.2, 0) is 25.8 Å². The van der Waals surface area contributed by atoms with Crippen molar-refractivity contribution in [2.75, 3.05) is 18.6 Å². The van der Waals surface area contributed by atoms with Crippen LogP contribution in [0.3, 0.4) is 0 Å². The van der Waals surface area contributed by atoms with Gasteiger partial charge in [0, 0.05) is 17.4 Å². The van der Waals surface area contributed by atoms with Gasteiger partial charge in [-0.3, -0.25) is 14.5 Å². The first-order valence-corrected chi connectivity index (χ1v) is 12.7. The highest BCUT2D eigenvalue weighted by Gasteiger charge is 2.53. The Hall–Kier alpha value is -3.62. The summed E-state index contributed by atoms with van der Waals surface area (Å²) < 4.78 is 3.92. The number of nitrogens with two attached hydrogens (primary N) is 1. The van der Waals surface area contributed by atoms with Gasteiger partial charge in [-0.1, -0.05) is 34.2 Å². The standard InChI is InChI=1S/C21H18ClN7O5S2/c1-34-26-13(12-16(22)36-21(23)25-12)17(30)24-14-18(31)29-15(20(32)33)10(9-35-19(14)29)8-28-7-6-27-5-3-2-4-11(27)28/h2-7,14,19H,8-9H2,1H3,(H3-,23,24,25,30,32,33)/b26-13-/t14-,19+/m1/s1. The lowest BCUT2D eigenvalue weighted by Gasteiger charge is -2.50. The first kappa shape index (κ1) is 24.1. The number of imidazole rings is 1. The number of thioether (sulfide) groups is 1. The van der Waals surface area contributed by atoms with E-state index < -0.39 is 29.2 Å². The molecule has 186 valence electrons. The van der Waals surface area contributed by atoms with Gasteiger partial charge in [-0.05, 0) is 6.07 Å². The number of β-lactam (4-membered cyclic amide) rings is 1. The number of carboxylic acid groups (broad SMARTS) is 1. The van der Waals surface area contributed by atoms with Gasteiger partial charge < -0.3 is 25.8 Å². The summed E-state index contributed by atoms with van der Waals surface area (Å²) in [5, 5.41) is 17.9. The molecule has 1 saturated heterocycles. The molecular weight excluding hydrogens is 530 g/mol. The lowest BCUT2D eigenvalue weighted by Crippen LogP contribution is -2.71. The summed E-state index contributed by atoms with van der Waals surface area (Å²) in [7, 11) is 1.25. The number of halogens is 1. The highest BCUT2D eigenvalue weighted by atomic mass is 35.5. The van der Waals surface area contributed by atoms with Gasteiger partial charge in [0.05, 0.1) is 17.9 Å². The molecule has 3 aromatic rings. The predicted molar refractivity (Wildman–Crippen MR) is 130 cm³/mol. The maximum absolute atomic E-state index is 13.0. The number of aromatic nitrogens is 3. The molecule has 0 spiro atoms. The van der Waals surface area contributed by atoms with Crippen LogP contribution in [0.4, 0.5) is 5.13 Å². The second-order valence-corrected chi connectivity index (χ2v) is 10.5. The number of aliphatic carboxylic acids is 1.